The first-order valence-electron chi connectivity index (χ1n) is 13.0. The Morgan fingerprint density at radius 3 is 2.38 bits per heavy atom. The van der Waals surface area contributed by atoms with Crippen LogP contribution in [0.5, 0.6) is 5.75 Å². The van der Waals surface area contributed by atoms with Gasteiger partial charge in [-0.05, 0) is 66.8 Å². The maximum atomic E-state index is 13.7. The minimum absolute atomic E-state index is 0.113. The van der Waals surface area contributed by atoms with Crippen LogP contribution in [-0.2, 0) is 14.8 Å². The van der Waals surface area contributed by atoms with Crippen LogP contribution in [0.4, 0.5) is 0 Å². The summed E-state index contributed by atoms with van der Waals surface area (Å²) in [4.78, 5) is 2.87. The number of fused-ring (bicyclic) bond motifs is 1. The second kappa shape index (κ2) is 11.0. The molecule has 3 aromatic rings. The zero-order valence-electron chi connectivity index (χ0n) is 21.8. The summed E-state index contributed by atoms with van der Waals surface area (Å²) in [6.45, 7) is 4.50. The molecule has 3 aromatic carbocycles. The molecule has 0 spiro atoms. The van der Waals surface area contributed by atoms with Crippen molar-refractivity contribution in [2.75, 3.05) is 40.5 Å². The Morgan fingerprint density at radius 1 is 0.892 bits per heavy atom. The summed E-state index contributed by atoms with van der Waals surface area (Å²) in [6, 6.07) is 24.4. The van der Waals surface area contributed by atoms with E-state index in [9.17, 15) is 8.42 Å². The molecule has 7 heteroatoms. The Balaban J connectivity index is 1.44. The number of ether oxygens (including phenoxy) is 2. The third-order valence-electron chi connectivity index (χ3n) is 7.89. The van der Waals surface area contributed by atoms with Crippen molar-refractivity contribution >= 4 is 10.0 Å². The average molecular weight is 521 g/mol. The molecule has 2 saturated heterocycles. The number of nitrogens with zero attached hydrogens (tertiary/aromatic N) is 2. The fourth-order valence-electron chi connectivity index (χ4n) is 5.96. The number of methoxy groups -OCH3 is 2. The predicted octanol–water partition coefficient (Wildman–Crippen LogP) is 4.94. The van der Waals surface area contributed by atoms with Gasteiger partial charge >= 0.3 is 0 Å². The largest absolute Gasteiger partial charge is 0.497 e. The molecule has 196 valence electrons. The molecule has 0 N–H and O–H groups in total. The van der Waals surface area contributed by atoms with Gasteiger partial charge in [-0.25, -0.2) is 8.42 Å². The maximum absolute atomic E-state index is 13.7. The van der Waals surface area contributed by atoms with Gasteiger partial charge in [0, 0.05) is 38.2 Å². The van der Waals surface area contributed by atoms with E-state index in [4.69, 9.17) is 9.47 Å². The molecule has 0 saturated carbocycles. The number of hydrogen-bond acceptors (Lipinski definition) is 5. The second-order valence-electron chi connectivity index (χ2n) is 10.0. The lowest BCUT2D eigenvalue weighted by Gasteiger charge is -2.57. The van der Waals surface area contributed by atoms with Crippen molar-refractivity contribution in [1.82, 2.24) is 9.21 Å². The van der Waals surface area contributed by atoms with Crippen molar-refractivity contribution in [3.05, 3.63) is 83.9 Å². The smallest absolute Gasteiger partial charge is 0.243 e. The minimum Gasteiger partial charge on any atom is -0.497 e. The molecule has 5 rings (SSSR count). The monoisotopic (exact) mass is 520 g/mol. The lowest BCUT2D eigenvalue weighted by atomic mass is 9.74. The van der Waals surface area contributed by atoms with Crippen molar-refractivity contribution in [2.24, 2.45) is 0 Å². The van der Waals surface area contributed by atoms with Gasteiger partial charge in [0.1, 0.15) is 5.75 Å². The lowest BCUT2D eigenvalue weighted by molar-refractivity contribution is -0.0635. The zero-order valence-corrected chi connectivity index (χ0v) is 22.7. The summed E-state index contributed by atoms with van der Waals surface area (Å²) in [5, 5.41) is 0. The molecule has 0 bridgehead atoms. The van der Waals surface area contributed by atoms with Crippen LogP contribution in [0, 0.1) is 6.92 Å². The molecule has 3 atom stereocenters. The van der Waals surface area contributed by atoms with E-state index >= 15 is 0 Å². The van der Waals surface area contributed by atoms with Crippen LogP contribution >= 0.6 is 0 Å². The van der Waals surface area contributed by atoms with Crippen LogP contribution in [-0.4, -0.2) is 70.2 Å². The van der Waals surface area contributed by atoms with Crippen LogP contribution in [0.1, 0.15) is 29.9 Å². The van der Waals surface area contributed by atoms with Gasteiger partial charge in [-0.3, -0.25) is 4.90 Å². The first-order chi connectivity index (χ1) is 17.9. The number of sulfonamides is 1. The van der Waals surface area contributed by atoms with Gasteiger partial charge in [-0.2, -0.15) is 4.31 Å². The zero-order chi connectivity index (χ0) is 26.0. The van der Waals surface area contributed by atoms with E-state index < -0.39 is 10.0 Å². The molecule has 0 aliphatic carbocycles. The molecular weight excluding hydrogens is 484 g/mol. The van der Waals surface area contributed by atoms with E-state index in [-0.39, 0.29) is 18.0 Å². The SMILES string of the molecule is COC[C@@H]1[C@@H](c2ccc(-c3cccc(OC)c3)cc2)C2CN(S(=O)(=O)c3ccccc3C)CCCCN21. The number of aryl methyl sites for hydroxylation is 1. The number of benzene rings is 3. The third-order valence-corrected chi connectivity index (χ3v) is 9.92. The van der Waals surface area contributed by atoms with E-state index in [1.54, 1.807) is 30.7 Å². The summed E-state index contributed by atoms with van der Waals surface area (Å²) in [6.07, 6.45) is 1.83. The highest BCUT2D eigenvalue weighted by Crippen LogP contribution is 2.43. The molecule has 6 nitrogen and oxygen atoms in total. The molecule has 0 amide bonds. The first kappa shape index (κ1) is 25.9. The quantitative estimate of drug-likeness (QED) is 0.442. The molecule has 2 heterocycles. The van der Waals surface area contributed by atoms with Crippen molar-refractivity contribution < 1.29 is 17.9 Å². The average Bonchev–Trinajstić information content (AvgIpc) is 2.90. The maximum Gasteiger partial charge on any atom is 0.243 e. The Kier molecular flexibility index (Phi) is 7.67. The van der Waals surface area contributed by atoms with E-state index in [0.29, 0.717) is 24.6 Å². The van der Waals surface area contributed by atoms with E-state index in [1.165, 1.54) is 5.56 Å². The van der Waals surface area contributed by atoms with Crippen molar-refractivity contribution in [3.8, 4) is 16.9 Å². The van der Waals surface area contributed by atoms with Crippen molar-refractivity contribution in [2.45, 2.75) is 42.7 Å². The highest BCUT2D eigenvalue weighted by atomic mass is 32.2. The molecule has 2 fully saturated rings. The Labute approximate surface area is 220 Å². The lowest BCUT2D eigenvalue weighted by Crippen LogP contribution is -2.68. The minimum atomic E-state index is -3.58. The van der Waals surface area contributed by atoms with Gasteiger partial charge in [0.15, 0.2) is 0 Å². The van der Waals surface area contributed by atoms with Gasteiger partial charge in [0.05, 0.1) is 18.6 Å². The van der Waals surface area contributed by atoms with E-state index in [1.807, 2.05) is 37.3 Å². The topological polar surface area (TPSA) is 59.1 Å². The van der Waals surface area contributed by atoms with Gasteiger partial charge < -0.3 is 9.47 Å². The predicted molar refractivity (Wildman–Crippen MR) is 147 cm³/mol. The van der Waals surface area contributed by atoms with Crippen LogP contribution in [0.3, 0.4) is 0 Å². The first-order valence-corrected chi connectivity index (χ1v) is 14.4. The van der Waals surface area contributed by atoms with Gasteiger partial charge in [-0.15, -0.1) is 0 Å². The summed E-state index contributed by atoms with van der Waals surface area (Å²) < 4.78 is 40.2. The fourth-order valence-corrected chi connectivity index (χ4v) is 7.69. The summed E-state index contributed by atoms with van der Waals surface area (Å²) in [7, 11) is -0.152. The summed E-state index contributed by atoms with van der Waals surface area (Å²) in [5.41, 5.74) is 4.25. The summed E-state index contributed by atoms with van der Waals surface area (Å²) in [5.74, 6) is 1.04. The van der Waals surface area contributed by atoms with Gasteiger partial charge in [0.2, 0.25) is 10.0 Å². The number of hydrogen-bond donors (Lipinski definition) is 0. The fraction of sp³-hybridized carbons (Fsp3) is 0.400. The normalized spacial score (nSPS) is 22.9. The van der Waals surface area contributed by atoms with Gasteiger partial charge in [0.25, 0.3) is 0 Å². The van der Waals surface area contributed by atoms with E-state index in [2.05, 4.69) is 35.2 Å². The van der Waals surface area contributed by atoms with Crippen molar-refractivity contribution in [3.63, 3.8) is 0 Å². The van der Waals surface area contributed by atoms with Crippen molar-refractivity contribution in [1.29, 1.82) is 0 Å². The summed E-state index contributed by atoms with van der Waals surface area (Å²) >= 11 is 0. The van der Waals surface area contributed by atoms with Crippen LogP contribution in [0.15, 0.2) is 77.7 Å². The van der Waals surface area contributed by atoms with E-state index in [0.717, 1.165) is 41.8 Å². The Bertz CT molecular complexity index is 1330. The molecule has 37 heavy (non-hydrogen) atoms. The van der Waals surface area contributed by atoms with Gasteiger partial charge in [-0.1, -0.05) is 54.6 Å². The second-order valence-corrected chi connectivity index (χ2v) is 11.9. The Morgan fingerprint density at radius 2 is 1.65 bits per heavy atom. The highest BCUT2D eigenvalue weighted by Gasteiger charge is 2.50. The number of rotatable bonds is 7. The standard InChI is InChI=1S/C30H36N2O4S/c1-22-9-4-5-12-29(22)37(33,34)31-17-6-7-18-32-27(20-31)30(28(32)21-35-2)24-15-13-23(14-16-24)25-10-8-11-26(19-25)36-3/h4-5,8-16,19,27-28,30H,6-7,17-18,20-21H2,1-3H3/t27?,28-,30+/m1/s1. The van der Waals surface area contributed by atoms with Crippen LogP contribution in [0.25, 0.3) is 11.1 Å². The molecule has 0 aromatic heterocycles. The molecule has 2 aliphatic rings. The van der Waals surface area contributed by atoms with Crippen LogP contribution in [0.2, 0.25) is 0 Å². The molecule has 1 unspecified atom stereocenters. The third kappa shape index (κ3) is 5.06. The molecular formula is C30H36N2O4S. The molecule has 0 radical (unpaired) electrons. The highest BCUT2D eigenvalue weighted by molar-refractivity contribution is 7.89. The Hall–Kier alpha value is -2.71. The van der Waals surface area contributed by atoms with Crippen LogP contribution < -0.4 is 4.74 Å². The molecule has 2 aliphatic heterocycles.